The smallest absolute Gasteiger partial charge is 0.339 e. The number of carbonyl (C=O) groups is 1. The first kappa shape index (κ1) is 21.9. The van der Waals surface area contributed by atoms with Crippen molar-refractivity contribution in [1.29, 1.82) is 0 Å². The Hall–Kier alpha value is -2.94. The Morgan fingerprint density at radius 3 is 2.61 bits per heavy atom. The largest absolute Gasteiger partial charge is 0.493 e. The monoisotopic (exact) mass is 472 g/mol. The number of urea groups is 1. The maximum Gasteiger partial charge on any atom is 0.339 e. The lowest BCUT2D eigenvalue weighted by atomic mass is 10.0. The van der Waals surface area contributed by atoms with Crippen LogP contribution >= 0.6 is 0 Å². The van der Waals surface area contributed by atoms with Gasteiger partial charge in [0.1, 0.15) is 10.6 Å². The van der Waals surface area contributed by atoms with Crippen molar-refractivity contribution in [2.75, 3.05) is 31.6 Å². The van der Waals surface area contributed by atoms with Crippen LogP contribution < -0.4 is 18.6 Å². The average Bonchev–Trinajstić information content (AvgIpc) is 3.40. The highest BCUT2D eigenvalue weighted by Gasteiger charge is 2.31. The van der Waals surface area contributed by atoms with E-state index < -0.39 is 10.1 Å². The molecular formula is C24H28N2O6S. The molecule has 8 nitrogen and oxygen atoms in total. The number of anilines is 1. The Morgan fingerprint density at radius 1 is 1.00 bits per heavy atom. The van der Waals surface area contributed by atoms with Gasteiger partial charge in [-0.05, 0) is 74.4 Å². The maximum atomic E-state index is 12.9. The van der Waals surface area contributed by atoms with Gasteiger partial charge in [-0.2, -0.15) is 8.42 Å². The Bertz CT molecular complexity index is 1130. The fraction of sp³-hybridized carbons (Fsp3) is 0.458. The molecule has 0 aromatic heterocycles. The minimum Gasteiger partial charge on any atom is -0.493 e. The second-order valence-electron chi connectivity index (χ2n) is 8.83. The van der Waals surface area contributed by atoms with Gasteiger partial charge in [0.15, 0.2) is 11.5 Å². The number of hydrogen-bond acceptors (Lipinski definition) is 6. The van der Waals surface area contributed by atoms with Gasteiger partial charge in [0, 0.05) is 31.4 Å². The average molecular weight is 473 g/mol. The summed E-state index contributed by atoms with van der Waals surface area (Å²) in [5, 5.41) is 0. The van der Waals surface area contributed by atoms with Crippen molar-refractivity contribution in [1.82, 2.24) is 4.90 Å². The number of hydrogen-bond donors (Lipinski definition) is 0. The molecule has 8 rings (SSSR count). The Labute approximate surface area is 194 Å². The molecule has 5 aliphatic heterocycles. The minimum atomic E-state index is -4.05. The molecule has 33 heavy (non-hydrogen) atoms. The second-order valence-corrected chi connectivity index (χ2v) is 10.4. The topological polar surface area (TPSA) is 85.4 Å². The minimum absolute atomic E-state index is 0.0143. The molecule has 1 saturated heterocycles. The summed E-state index contributed by atoms with van der Waals surface area (Å²) >= 11 is 0. The molecule has 2 fully saturated rings. The second kappa shape index (κ2) is 8.78. The Balaban J connectivity index is 1.46. The van der Waals surface area contributed by atoms with Gasteiger partial charge in [0.05, 0.1) is 13.2 Å². The van der Waals surface area contributed by atoms with E-state index in [0.29, 0.717) is 36.2 Å². The van der Waals surface area contributed by atoms with Crippen LogP contribution in [0.25, 0.3) is 0 Å². The molecule has 5 heterocycles. The van der Waals surface area contributed by atoms with Crippen molar-refractivity contribution in [3.05, 3.63) is 42.5 Å². The van der Waals surface area contributed by atoms with E-state index in [0.717, 1.165) is 38.6 Å². The van der Waals surface area contributed by atoms with Crippen LogP contribution in [0.1, 0.15) is 32.1 Å². The van der Waals surface area contributed by atoms with Crippen molar-refractivity contribution < 1.29 is 26.9 Å². The first-order valence-corrected chi connectivity index (χ1v) is 12.8. The number of benzene rings is 2. The number of methoxy groups -OCH3 is 1. The number of carbonyl (C=O) groups excluding carboxylic acids is 1. The highest BCUT2D eigenvalue weighted by molar-refractivity contribution is 7.87. The van der Waals surface area contributed by atoms with Gasteiger partial charge in [0.25, 0.3) is 0 Å². The first-order chi connectivity index (χ1) is 15.9. The summed E-state index contributed by atoms with van der Waals surface area (Å²) < 4.78 is 42.6. The lowest BCUT2D eigenvalue weighted by Gasteiger charge is -2.20. The fourth-order valence-corrected chi connectivity index (χ4v) is 5.87. The molecule has 2 atom stereocenters. The van der Waals surface area contributed by atoms with Crippen LogP contribution in [0, 0.1) is 5.92 Å². The first-order valence-electron chi connectivity index (χ1n) is 11.4. The lowest BCUT2D eigenvalue weighted by molar-refractivity contribution is 0.193. The van der Waals surface area contributed by atoms with Gasteiger partial charge in [0.2, 0.25) is 0 Å². The molecular weight excluding hydrogens is 444 g/mol. The van der Waals surface area contributed by atoms with Crippen molar-refractivity contribution in [2.24, 2.45) is 5.92 Å². The normalized spacial score (nSPS) is 24.5. The summed E-state index contributed by atoms with van der Waals surface area (Å²) in [6.07, 6.45) is 5.14. The molecule has 9 heteroatoms. The van der Waals surface area contributed by atoms with Crippen LogP contribution in [0.15, 0.2) is 47.4 Å². The molecule has 0 N–H and O–H groups in total. The van der Waals surface area contributed by atoms with Crippen molar-refractivity contribution in [3.8, 4) is 17.2 Å². The van der Waals surface area contributed by atoms with Gasteiger partial charge in [-0.3, -0.25) is 4.90 Å². The summed E-state index contributed by atoms with van der Waals surface area (Å²) in [5.41, 5.74) is 0.678. The van der Waals surface area contributed by atoms with E-state index in [2.05, 4.69) is 0 Å². The zero-order valence-corrected chi connectivity index (χ0v) is 19.4. The Kier molecular flexibility index (Phi) is 5.82. The van der Waals surface area contributed by atoms with Gasteiger partial charge in [-0.25, -0.2) is 4.79 Å². The molecule has 2 aromatic rings. The van der Waals surface area contributed by atoms with Crippen LogP contribution in [-0.2, 0) is 10.1 Å². The number of amides is 2. The standard InChI is InChI=1S/C24H28N2O6S/c1-30-23-16-20-8-11-22(23)31-19-7-4-17(15-19)3-2-12-25-13-14-26(24(25)27)18-5-9-21(10-6-18)33(28,29)32-20/h5-6,8-11,16-17,19H,2-4,7,12-15H2,1H3/t17-,19+/m1/s1. The summed E-state index contributed by atoms with van der Waals surface area (Å²) in [6, 6.07) is 11.0. The van der Waals surface area contributed by atoms with Gasteiger partial charge in [-0.15, -0.1) is 0 Å². The zero-order chi connectivity index (χ0) is 23.0. The van der Waals surface area contributed by atoms with Crippen LogP contribution in [0.5, 0.6) is 17.2 Å². The van der Waals surface area contributed by atoms with E-state index in [1.54, 1.807) is 29.2 Å². The highest BCUT2D eigenvalue weighted by atomic mass is 32.2. The molecule has 2 amide bonds. The third-order valence-electron chi connectivity index (χ3n) is 6.70. The maximum absolute atomic E-state index is 12.9. The molecule has 0 unspecified atom stereocenters. The predicted octanol–water partition coefficient (Wildman–Crippen LogP) is 4.05. The van der Waals surface area contributed by atoms with Crippen molar-refractivity contribution >= 4 is 21.8 Å². The van der Waals surface area contributed by atoms with Crippen LogP contribution in [0.4, 0.5) is 10.5 Å². The number of nitrogens with zero attached hydrogens (tertiary/aromatic N) is 2. The van der Waals surface area contributed by atoms with Crippen LogP contribution in [0.3, 0.4) is 0 Å². The molecule has 6 aliphatic rings. The number of rotatable bonds is 1. The molecule has 0 radical (unpaired) electrons. The van der Waals surface area contributed by atoms with E-state index in [-0.39, 0.29) is 22.8 Å². The van der Waals surface area contributed by atoms with E-state index in [4.69, 9.17) is 13.7 Å². The summed E-state index contributed by atoms with van der Waals surface area (Å²) in [7, 11) is -2.53. The van der Waals surface area contributed by atoms with Gasteiger partial charge >= 0.3 is 16.1 Å². The Morgan fingerprint density at radius 2 is 1.82 bits per heavy atom. The highest BCUT2D eigenvalue weighted by Crippen LogP contribution is 2.38. The lowest BCUT2D eigenvalue weighted by Crippen LogP contribution is -2.32. The molecule has 176 valence electrons. The van der Waals surface area contributed by atoms with E-state index in [9.17, 15) is 13.2 Å². The van der Waals surface area contributed by atoms with Gasteiger partial charge in [-0.1, -0.05) is 0 Å². The van der Waals surface area contributed by atoms with E-state index in [1.165, 1.54) is 25.3 Å². The fourth-order valence-electron chi connectivity index (χ4n) is 4.94. The quantitative estimate of drug-likeness (QED) is 0.582. The zero-order valence-electron chi connectivity index (χ0n) is 18.6. The third-order valence-corrected chi connectivity index (χ3v) is 7.96. The van der Waals surface area contributed by atoms with Gasteiger partial charge < -0.3 is 18.6 Å². The summed E-state index contributed by atoms with van der Waals surface area (Å²) in [4.78, 5) is 16.4. The molecule has 1 saturated carbocycles. The third kappa shape index (κ3) is 4.46. The summed E-state index contributed by atoms with van der Waals surface area (Å²) in [6.45, 7) is 1.99. The van der Waals surface area contributed by atoms with Crippen LogP contribution in [0.2, 0.25) is 0 Å². The SMILES string of the molecule is COc1cc2ccc1O[C@H]1CC[C@@H](CCCN3CCN(C3=O)c3ccc(cc3)S(=O)(=O)O2)C1. The molecule has 2 aromatic carbocycles. The summed E-state index contributed by atoms with van der Waals surface area (Å²) in [5.74, 6) is 1.73. The van der Waals surface area contributed by atoms with Crippen LogP contribution in [-0.4, -0.2) is 52.2 Å². The predicted molar refractivity (Wildman–Crippen MR) is 123 cm³/mol. The molecule has 1 aliphatic carbocycles. The van der Waals surface area contributed by atoms with E-state index >= 15 is 0 Å². The van der Waals surface area contributed by atoms with E-state index in [1.807, 2.05) is 4.90 Å². The van der Waals surface area contributed by atoms with Crippen molar-refractivity contribution in [2.45, 2.75) is 43.1 Å². The van der Waals surface area contributed by atoms with Crippen molar-refractivity contribution in [3.63, 3.8) is 0 Å². The number of ether oxygens (including phenoxy) is 2. The molecule has 0 spiro atoms. The molecule has 8 bridgehead atoms.